The molecular formula is C16H13F2NO2. The molecule has 0 saturated carbocycles. The first kappa shape index (κ1) is 13.6. The van der Waals surface area contributed by atoms with Gasteiger partial charge in [-0.2, -0.15) is 0 Å². The third-order valence-electron chi connectivity index (χ3n) is 3.25. The number of rotatable bonds is 4. The van der Waals surface area contributed by atoms with E-state index in [4.69, 9.17) is 9.84 Å². The minimum absolute atomic E-state index is 0.0594. The number of nitrogens with one attached hydrogen (secondary N) is 1. The molecule has 0 aliphatic rings. The molecule has 0 saturated heterocycles. The Morgan fingerprint density at radius 3 is 2.57 bits per heavy atom. The van der Waals surface area contributed by atoms with Crippen LogP contribution in [-0.2, 0) is 0 Å². The number of hydrogen-bond acceptors (Lipinski definition) is 2. The van der Waals surface area contributed by atoms with E-state index in [1.807, 2.05) is 0 Å². The summed E-state index contributed by atoms with van der Waals surface area (Å²) in [6.07, 6.45) is 1.57. The van der Waals surface area contributed by atoms with E-state index in [1.54, 1.807) is 36.5 Å². The SMILES string of the molecule is OCCOc1ccc(-c2c(F)cc3[nH]ccc3c2F)cc1. The molecule has 1 heterocycles. The van der Waals surface area contributed by atoms with Crippen molar-refractivity contribution in [1.82, 2.24) is 4.98 Å². The lowest BCUT2D eigenvalue weighted by molar-refractivity contribution is 0.201. The third-order valence-corrected chi connectivity index (χ3v) is 3.25. The Bertz CT molecular complexity index is 766. The second-order valence-corrected chi connectivity index (χ2v) is 4.58. The molecule has 2 aromatic carbocycles. The van der Waals surface area contributed by atoms with Crippen LogP contribution in [0.4, 0.5) is 8.78 Å². The quantitative estimate of drug-likeness (QED) is 0.772. The molecular weight excluding hydrogens is 276 g/mol. The van der Waals surface area contributed by atoms with Crippen molar-refractivity contribution in [3.8, 4) is 16.9 Å². The Balaban J connectivity index is 2.03. The van der Waals surface area contributed by atoms with E-state index in [0.29, 0.717) is 22.2 Å². The Morgan fingerprint density at radius 1 is 1.10 bits per heavy atom. The van der Waals surface area contributed by atoms with E-state index in [0.717, 1.165) is 0 Å². The van der Waals surface area contributed by atoms with Crippen LogP contribution in [0.15, 0.2) is 42.6 Å². The second-order valence-electron chi connectivity index (χ2n) is 4.58. The summed E-state index contributed by atoms with van der Waals surface area (Å²) in [6.45, 7) is 0.0898. The second kappa shape index (κ2) is 5.54. The fourth-order valence-electron chi connectivity index (χ4n) is 2.28. The van der Waals surface area contributed by atoms with Gasteiger partial charge in [-0.05, 0) is 29.8 Å². The number of fused-ring (bicyclic) bond motifs is 1. The van der Waals surface area contributed by atoms with Crippen molar-refractivity contribution in [1.29, 1.82) is 0 Å². The molecule has 3 rings (SSSR count). The number of H-pyrrole nitrogens is 1. The van der Waals surface area contributed by atoms with Gasteiger partial charge in [-0.3, -0.25) is 0 Å². The zero-order chi connectivity index (χ0) is 14.8. The van der Waals surface area contributed by atoms with Gasteiger partial charge in [0.1, 0.15) is 24.0 Å². The normalized spacial score (nSPS) is 11.0. The topological polar surface area (TPSA) is 45.2 Å². The molecule has 3 nitrogen and oxygen atoms in total. The molecule has 0 radical (unpaired) electrons. The molecule has 0 spiro atoms. The van der Waals surface area contributed by atoms with E-state index >= 15 is 0 Å². The highest BCUT2D eigenvalue weighted by atomic mass is 19.1. The molecule has 0 amide bonds. The smallest absolute Gasteiger partial charge is 0.143 e. The number of ether oxygens (including phenoxy) is 1. The molecule has 0 aliphatic heterocycles. The number of halogens is 2. The van der Waals surface area contributed by atoms with Crippen LogP contribution in [0.2, 0.25) is 0 Å². The molecule has 3 aromatic rings. The van der Waals surface area contributed by atoms with Gasteiger partial charge in [0.15, 0.2) is 0 Å². The summed E-state index contributed by atoms with van der Waals surface area (Å²) in [7, 11) is 0. The van der Waals surface area contributed by atoms with Crippen molar-refractivity contribution in [3.63, 3.8) is 0 Å². The molecule has 108 valence electrons. The lowest BCUT2D eigenvalue weighted by atomic mass is 10.0. The van der Waals surface area contributed by atoms with E-state index in [-0.39, 0.29) is 18.8 Å². The number of aromatic amines is 1. The van der Waals surface area contributed by atoms with E-state index in [2.05, 4.69) is 4.98 Å². The maximum atomic E-state index is 14.4. The van der Waals surface area contributed by atoms with Gasteiger partial charge in [-0.25, -0.2) is 8.78 Å². The Kier molecular flexibility index (Phi) is 3.58. The zero-order valence-corrected chi connectivity index (χ0v) is 11.1. The fraction of sp³-hybridized carbons (Fsp3) is 0.125. The van der Waals surface area contributed by atoms with Crippen molar-refractivity contribution in [2.45, 2.75) is 0 Å². The Morgan fingerprint density at radius 2 is 1.86 bits per heavy atom. The number of aliphatic hydroxyl groups is 1. The number of aliphatic hydroxyl groups excluding tert-OH is 1. The van der Waals surface area contributed by atoms with Crippen LogP contribution in [0.25, 0.3) is 22.0 Å². The van der Waals surface area contributed by atoms with Crippen molar-refractivity contribution >= 4 is 10.9 Å². The molecule has 2 N–H and O–H groups in total. The van der Waals surface area contributed by atoms with Gasteiger partial charge >= 0.3 is 0 Å². The summed E-state index contributed by atoms with van der Waals surface area (Å²) in [5.74, 6) is -0.668. The number of benzene rings is 2. The van der Waals surface area contributed by atoms with Gasteiger partial charge in [0.25, 0.3) is 0 Å². The van der Waals surface area contributed by atoms with E-state index < -0.39 is 11.6 Å². The molecule has 1 aromatic heterocycles. The maximum absolute atomic E-state index is 14.4. The summed E-state index contributed by atoms with van der Waals surface area (Å²) in [4.78, 5) is 2.79. The minimum atomic E-state index is -0.619. The van der Waals surface area contributed by atoms with Crippen LogP contribution < -0.4 is 4.74 Å². The van der Waals surface area contributed by atoms with Crippen LogP contribution in [0.5, 0.6) is 5.75 Å². The monoisotopic (exact) mass is 289 g/mol. The predicted octanol–water partition coefficient (Wildman–Crippen LogP) is 3.48. The average Bonchev–Trinajstić information content (AvgIpc) is 2.95. The fourth-order valence-corrected chi connectivity index (χ4v) is 2.28. The van der Waals surface area contributed by atoms with Gasteiger partial charge in [-0.1, -0.05) is 12.1 Å². The van der Waals surface area contributed by atoms with Crippen LogP contribution >= 0.6 is 0 Å². The van der Waals surface area contributed by atoms with E-state index in [9.17, 15) is 8.78 Å². The van der Waals surface area contributed by atoms with Gasteiger partial charge in [0, 0.05) is 11.6 Å². The highest BCUT2D eigenvalue weighted by molar-refractivity contribution is 5.86. The first-order valence-electron chi connectivity index (χ1n) is 6.50. The largest absolute Gasteiger partial charge is 0.491 e. The van der Waals surface area contributed by atoms with E-state index in [1.165, 1.54) is 6.07 Å². The van der Waals surface area contributed by atoms with Crippen molar-refractivity contribution in [2.24, 2.45) is 0 Å². The lowest BCUT2D eigenvalue weighted by Crippen LogP contribution is -2.01. The predicted molar refractivity (Wildman–Crippen MR) is 76.2 cm³/mol. The Labute approximate surface area is 119 Å². The summed E-state index contributed by atoms with van der Waals surface area (Å²) in [5, 5.41) is 9.04. The third kappa shape index (κ3) is 2.48. The number of hydrogen-bond donors (Lipinski definition) is 2. The van der Waals surface area contributed by atoms with Crippen LogP contribution in [0, 0.1) is 11.6 Å². The summed E-state index contributed by atoms with van der Waals surface area (Å²) in [5.41, 5.74) is 0.803. The maximum Gasteiger partial charge on any atom is 0.143 e. The summed E-state index contributed by atoms with van der Waals surface area (Å²) < 4.78 is 33.8. The summed E-state index contributed by atoms with van der Waals surface area (Å²) in [6, 6.07) is 9.27. The van der Waals surface area contributed by atoms with Gasteiger partial charge in [0.05, 0.1) is 17.7 Å². The zero-order valence-electron chi connectivity index (χ0n) is 11.1. The van der Waals surface area contributed by atoms with Crippen LogP contribution in [-0.4, -0.2) is 23.3 Å². The number of aromatic nitrogens is 1. The highest BCUT2D eigenvalue weighted by Gasteiger charge is 2.16. The molecule has 0 fully saturated rings. The van der Waals surface area contributed by atoms with Crippen molar-refractivity contribution in [2.75, 3.05) is 13.2 Å². The van der Waals surface area contributed by atoms with Gasteiger partial charge < -0.3 is 14.8 Å². The average molecular weight is 289 g/mol. The molecule has 0 aliphatic carbocycles. The first-order valence-corrected chi connectivity index (χ1v) is 6.50. The lowest BCUT2D eigenvalue weighted by Gasteiger charge is -2.08. The van der Waals surface area contributed by atoms with Crippen LogP contribution in [0.1, 0.15) is 0 Å². The molecule has 0 atom stereocenters. The Hall–Kier alpha value is -2.40. The van der Waals surface area contributed by atoms with Crippen molar-refractivity contribution < 1.29 is 18.6 Å². The molecule has 0 bridgehead atoms. The van der Waals surface area contributed by atoms with Gasteiger partial charge in [-0.15, -0.1) is 0 Å². The molecule has 21 heavy (non-hydrogen) atoms. The van der Waals surface area contributed by atoms with Gasteiger partial charge in [0.2, 0.25) is 0 Å². The minimum Gasteiger partial charge on any atom is -0.491 e. The van der Waals surface area contributed by atoms with Crippen LogP contribution in [0.3, 0.4) is 0 Å². The summed E-state index contributed by atoms with van der Waals surface area (Å²) >= 11 is 0. The molecule has 0 unspecified atom stereocenters. The molecule has 5 heteroatoms. The first-order chi connectivity index (χ1) is 10.2. The van der Waals surface area contributed by atoms with Crippen molar-refractivity contribution in [3.05, 3.63) is 54.2 Å². The standard InChI is InChI=1S/C16H13F2NO2/c17-13-9-14-12(5-6-19-14)16(18)15(13)10-1-3-11(4-2-10)21-8-7-20/h1-6,9,19-20H,7-8H2. The highest BCUT2D eigenvalue weighted by Crippen LogP contribution is 2.32.